The lowest BCUT2D eigenvalue weighted by molar-refractivity contribution is -0.133. The van der Waals surface area contributed by atoms with Gasteiger partial charge in [-0.2, -0.15) is 0 Å². The fraction of sp³-hybridized carbons (Fsp3) is 0.533. The summed E-state index contributed by atoms with van der Waals surface area (Å²) >= 11 is 0. The van der Waals surface area contributed by atoms with E-state index in [4.69, 9.17) is 0 Å². The predicted molar refractivity (Wildman–Crippen MR) is 79.1 cm³/mol. The summed E-state index contributed by atoms with van der Waals surface area (Å²) in [5.74, 6) is -0.0487. The molecule has 1 saturated carbocycles. The molecule has 0 aliphatic heterocycles. The summed E-state index contributed by atoms with van der Waals surface area (Å²) < 4.78 is 2.70. The Hall–Kier alpha value is -2.11. The molecule has 0 bridgehead atoms. The molecular formula is C15H20N4O2. The van der Waals surface area contributed by atoms with Crippen molar-refractivity contribution in [3.8, 4) is 0 Å². The standard InChI is InChI=1S/C15H20N4O2/c1-17(12-7-3-2-4-8-12)14(20)11-19-15(21)18-10-6-5-9-13(18)16-19/h5-6,9-10,12H,2-4,7-8,11H2,1H3. The highest BCUT2D eigenvalue weighted by atomic mass is 16.2. The van der Waals surface area contributed by atoms with E-state index in [9.17, 15) is 9.59 Å². The fourth-order valence-electron chi connectivity index (χ4n) is 2.98. The van der Waals surface area contributed by atoms with Crippen molar-refractivity contribution in [3.05, 3.63) is 34.9 Å². The van der Waals surface area contributed by atoms with Crippen LogP contribution in [0.15, 0.2) is 29.2 Å². The van der Waals surface area contributed by atoms with Crippen molar-refractivity contribution >= 4 is 11.6 Å². The average molecular weight is 288 g/mol. The van der Waals surface area contributed by atoms with Crippen molar-refractivity contribution in [2.75, 3.05) is 7.05 Å². The molecule has 1 aliphatic rings. The van der Waals surface area contributed by atoms with Gasteiger partial charge < -0.3 is 4.90 Å². The van der Waals surface area contributed by atoms with Crippen molar-refractivity contribution in [1.82, 2.24) is 19.1 Å². The quantitative estimate of drug-likeness (QED) is 0.855. The van der Waals surface area contributed by atoms with Crippen LogP contribution in [0.4, 0.5) is 0 Å². The predicted octanol–water partition coefficient (Wildman–Crippen LogP) is 1.29. The third-order valence-corrected chi connectivity index (χ3v) is 4.29. The zero-order valence-corrected chi connectivity index (χ0v) is 12.2. The van der Waals surface area contributed by atoms with Gasteiger partial charge in [0.15, 0.2) is 5.65 Å². The molecule has 0 radical (unpaired) electrons. The van der Waals surface area contributed by atoms with E-state index in [0.29, 0.717) is 11.7 Å². The minimum Gasteiger partial charge on any atom is -0.341 e. The molecule has 0 spiro atoms. The van der Waals surface area contributed by atoms with Gasteiger partial charge in [0, 0.05) is 19.3 Å². The Morgan fingerprint density at radius 2 is 2.10 bits per heavy atom. The summed E-state index contributed by atoms with van der Waals surface area (Å²) in [5.41, 5.74) is 0.298. The molecule has 0 aromatic carbocycles. The van der Waals surface area contributed by atoms with Gasteiger partial charge in [0.1, 0.15) is 6.54 Å². The van der Waals surface area contributed by atoms with E-state index >= 15 is 0 Å². The van der Waals surface area contributed by atoms with Gasteiger partial charge in [-0.3, -0.25) is 9.20 Å². The number of aromatic nitrogens is 3. The first-order valence-electron chi connectivity index (χ1n) is 7.46. The number of nitrogens with zero attached hydrogens (tertiary/aromatic N) is 4. The maximum Gasteiger partial charge on any atom is 0.350 e. The highest BCUT2D eigenvalue weighted by molar-refractivity contribution is 5.76. The van der Waals surface area contributed by atoms with Crippen LogP contribution in [-0.2, 0) is 11.3 Å². The molecule has 112 valence electrons. The van der Waals surface area contributed by atoms with E-state index in [1.54, 1.807) is 23.2 Å². The molecule has 2 aromatic rings. The first kappa shape index (κ1) is 13.9. The van der Waals surface area contributed by atoms with Crippen LogP contribution in [0.3, 0.4) is 0 Å². The fourth-order valence-corrected chi connectivity index (χ4v) is 2.98. The smallest absolute Gasteiger partial charge is 0.341 e. The maximum absolute atomic E-state index is 12.4. The van der Waals surface area contributed by atoms with Gasteiger partial charge in [-0.15, -0.1) is 5.10 Å². The van der Waals surface area contributed by atoms with Crippen LogP contribution in [0.5, 0.6) is 0 Å². The lowest BCUT2D eigenvalue weighted by Gasteiger charge is -2.31. The summed E-state index contributed by atoms with van der Waals surface area (Å²) in [6.45, 7) is 0.00745. The molecule has 6 nitrogen and oxygen atoms in total. The van der Waals surface area contributed by atoms with Gasteiger partial charge >= 0.3 is 5.69 Å². The van der Waals surface area contributed by atoms with Crippen LogP contribution in [0, 0.1) is 0 Å². The second-order valence-corrected chi connectivity index (χ2v) is 5.67. The second kappa shape index (κ2) is 5.71. The SMILES string of the molecule is CN(C(=O)Cn1nc2ccccn2c1=O)C1CCCCC1. The van der Waals surface area contributed by atoms with Crippen LogP contribution < -0.4 is 5.69 Å². The average Bonchev–Trinajstić information content (AvgIpc) is 2.84. The number of fused-ring (bicyclic) bond motifs is 1. The van der Waals surface area contributed by atoms with Crippen molar-refractivity contribution in [3.63, 3.8) is 0 Å². The van der Waals surface area contributed by atoms with E-state index in [1.807, 2.05) is 13.1 Å². The summed E-state index contributed by atoms with van der Waals surface area (Å²) in [7, 11) is 1.83. The topological polar surface area (TPSA) is 59.6 Å². The summed E-state index contributed by atoms with van der Waals surface area (Å²) in [6.07, 6.45) is 7.39. The molecular weight excluding hydrogens is 268 g/mol. The minimum atomic E-state index is -0.268. The Balaban J connectivity index is 1.76. The number of carbonyl (C=O) groups excluding carboxylic acids is 1. The number of amides is 1. The molecule has 21 heavy (non-hydrogen) atoms. The van der Waals surface area contributed by atoms with E-state index in [0.717, 1.165) is 12.8 Å². The number of rotatable bonds is 3. The zero-order valence-electron chi connectivity index (χ0n) is 12.2. The summed E-state index contributed by atoms with van der Waals surface area (Å²) in [4.78, 5) is 26.3. The third-order valence-electron chi connectivity index (χ3n) is 4.29. The lowest BCUT2D eigenvalue weighted by Crippen LogP contribution is -2.41. The van der Waals surface area contributed by atoms with Gasteiger partial charge in [0.2, 0.25) is 5.91 Å². The second-order valence-electron chi connectivity index (χ2n) is 5.67. The van der Waals surface area contributed by atoms with E-state index < -0.39 is 0 Å². The molecule has 1 fully saturated rings. The molecule has 3 rings (SSSR count). The van der Waals surface area contributed by atoms with Crippen molar-refractivity contribution in [2.45, 2.75) is 44.7 Å². The molecule has 0 unspecified atom stereocenters. The van der Waals surface area contributed by atoms with Gasteiger partial charge in [-0.1, -0.05) is 25.3 Å². The summed E-state index contributed by atoms with van der Waals surface area (Å²) in [6, 6.07) is 5.66. The van der Waals surface area contributed by atoms with E-state index in [-0.39, 0.29) is 18.1 Å². The maximum atomic E-state index is 12.4. The monoisotopic (exact) mass is 288 g/mol. The number of pyridine rings is 1. The Kier molecular flexibility index (Phi) is 3.77. The Bertz CT molecular complexity index is 697. The highest BCUT2D eigenvalue weighted by Gasteiger charge is 2.23. The third kappa shape index (κ3) is 2.70. The number of hydrogen-bond donors (Lipinski definition) is 0. The van der Waals surface area contributed by atoms with Crippen molar-refractivity contribution < 1.29 is 4.79 Å². The molecule has 2 aromatic heterocycles. The minimum absolute atomic E-state index is 0.00745. The Labute approximate surface area is 123 Å². The van der Waals surface area contributed by atoms with Crippen molar-refractivity contribution in [2.24, 2.45) is 0 Å². The Morgan fingerprint density at radius 3 is 2.81 bits per heavy atom. The Morgan fingerprint density at radius 1 is 1.33 bits per heavy atom. The molecule has 6 heteroatoms. The first-order valence-corrected chi connectivity index (χ1v) is 7.46. The van der Waals surface area contributed by atoms with Gasteiger partial charge in [0.05, 0.1) is 0 Å². The molecule has 1 aliphatic carbocycles. The molecule has 0 atom stereocenters. The van der Waals surface area contributed by atoms with E-state index in [2.05, 4.69) is 5.10 Å². The van der Waals surface area contributed by atoms with Gasteiger partial charge in [-0.05, 0) is 25.0 Å². The molecule has 0 N–H and O–H groups in total. The molecule has 0 saturated heterocycles. The number of carbonyl (C=O) groups is 1. The van der Waals surface area contributed by atoms with Gasteiger partial charge in [0.25, 0.3) is 0 Å². The highest BCUT2D eigenvalue weighted by Crippen LogP contribution is 2.21. The summed E-state index contributed by atoms with van der Waals surface area (Å²) in [5, 5.41) is 4.20. The van der Waals surface area contributed by atoms with Crippen LogP contribution in [0.2, 0.25) is 0 Å². The number of likely N-dealkylation sites (N-methyl/N-ethyl adjacent to an activating group) is 1. The lowest BCUT2D eigenvalue weighted by atomic mass is 9.94. The van der Waals surface area contributed by atoms with E-state index in [1.165, 1.54) is 28.3 Å². The normalized spacial score (nSPS) is 16.2. The first-order chi connectivity index (χ1) is 10.2. The van der Waals surface area contributed by atoms with Gasteiger partial charge in [-0.25, -0.2) is 9.48 Å². The molecule has 2 heterocycles. The molecule has 1 amide bonds. The van der Waals surface area contributed by atoms with Crippen molar-refractivity contribution in [1.29, 1.82) is 0 Å². The van der Waals surface area contributed by atoms with Crippen LogP contribution in [0.25, 0.3) is 5.65 Å². The van der Waals surface area contributed by atoms with Crippen LogP contribution in [0.1, 0.15) is 32.1 Å². The largest absolute Gasteiger partial charge is 0.350 e. The van der Waals surface area contributed by atoms with Crippen LogP contribution in [-0.4, -0.2) is 38.1 Å². The van der Waals surface area contributed by atoms with Crippen LogP contribution >= 0.6 is 0 Å². The zero-order chi connectivity index (χ0) is 14.8. The number of hydrogen-bond acceptors (Lipinski definition) is 3.